The first-order chi connectivity index (χ1) is 12.5. The van der Waals surface area contributed by atoms with E-state index in [0.717, 1.165) is 4.47 Å². The minimum absolute atomic E-state index is 0.177. The van der Waals surface area contributed by atoms with Crippen LogP contribution in [0.25, 0.3) is 0 Å². The summed E-state index contributed by atoms with van der Waals surface area (Å²) < 4.78 is 21.5. The second-order valence-electron chi connectivity index (χ2n) is 5.05. The van der Waals surface area contributed by atoms with Crippen molar-refractivity contribution < 1.29 is 28.5 Å². The summed E-state index contributed by atoms with van der Waals surface area (Å²) in [6.45, 7) is -0.425. The van der Waals surface area contributed by atoms with Crippen LogP contribution in [0.5, 0.6) is 17.2 Å². The van der Waals surface area contributed by atoms with Gasteiger partial charge in [0.05, 0.1) is 26.9 Å². The summed E-state index contributed by atoms with van der Waals surface area (Å²) in [7, 11) is 4.35. The Hall–Kier alpha value is -2.74. The number of ether oxygens (including phenoxy) is 4. The Kier molecular flexibility index (Phi) is 6.85. The van der Waals surface area contributed by atoms with E-state index in [1.54, 1.807) is 24.3 Å². The molecule has 8 heteroatoms. The van der Waals surface area contributed by atoms with E-state index in [4.69, 9.17) is 18.9 Å². The Labute approximate surface area is 159 Å². The topological polar surface area (TPSA) is 83.1 Å². The molecular weight excluding hydrogens is 406 g/mol. The maximum atomic E-state index is 12.2. The third-order valence-electron chi connectivity index (χ3n) is 3.36. The van der Waals surface area contributed by atoms with Gasteiger partial charge >= 0.3 is 5.97 Å². The molecule has 1 N–H and O–H groups in total. The molecule has 0 radical (unpaired) electrons. The number of amides is 1. The summed E-state index contributed by atoms with van der Waals surface area (Å²) in [5.41, 5.74) is 0.776. The fourth-order valence-electron chi connectivity index (χ4n) is 2.14. The predicted octanol–water partition coefficient (Wildman–Crippen LogP) is 3.27. The molecular formula is C18H18BrNO6. The van der Waals surface area contributed by atoms with E-state index >= 15 is 0 Å². The third kappa shape index (κ3) is 4.89. The normalized spacial score (nSPS) is 10.0. The molecule has 0 spiro atoms. The lowest BCUT2D eigenvalue weighted by Crippen LogP contribution is -2.21. The summed E-state index contributed by atoms with van der Waals surface area (Å²) in [6, 6.07) is 9.94. The van der Waals surface area contributed by atoms with Crippen LogP contribution in [-0.2, 0) is 9.53 Å². The minimum Gasteiger partial charge on any atom is -0.493 e. The molecule has 2 aromatic rings. The molecule has 0 aliphatic carbocycles. The second kappa shape index (κ2) is 9.10. The maximum absolute atomic E-state index is 12.2. The van der Waals surface area contributed by atoms with E-state index in [9.17, 15) is 9.59 Å². The zero-order chi connectivity index (χ0) is 19.1. The van der Waals surface area contributed by atoms with Crippen LogP contribution in [0, 0.1) is 0 Å². The van der Waals surface area contributed by atoms with Crippen molar-refractivity contribution in [3.05, 3.63) is 46.4 Å². The number of hydrogen-bond acceptors (Lipinski definition) is 6. The highest BCUT2D eigenvalue weighted by Gasteiger charge is 2.18. The van der Waals surface area contributed by atoms with Crippen LogP contribution >= 0.6 is 15.9 Å². The first kappa shape index (κ1) is 19.6. The number of halogens is 1. The van der Waals surface area contributed by atoms with Crippen LogP contribution in [-0.4, -0.2) is 39.8 Å². The molecule has 0 saturated carbocycles. The zero-order valence-corrected chi connectivity index (χ0v) is 16.1. The Balaban J connectivity index is 2.03. The molecule has 1 amide bonds. The monoisotopic (exact) mass is 423 g/mol. The Bertz CT molecular complexity index is 766. The van der Waals surface area contributed by atoms with Gasteiger partial charge in [0, 0.05) is 10.2 Å². The van der Waals surface area contributed by atoms with Crippen LogP contribution in [0.3, 0.4) is 0 Å². The van der Waals surface area contributed by atoms with Gasteiger partial charge in [-0.05, 0) is 36.4 Å². The number of esters is 1. The van der Waals surface area contributed by atoms with Crippen molar-refractivity contribution in [2.45, 2.75) is 0 Å². The molecule has 7 nitrogen and oxygen atoms in total. The average molecular weight is 424 g/mol. The van der Waals surface area contributed by atoms with Crippen molar-refractivity contribution in [3.63, 3.8) is 0 Å². The van der Waals surface area contributed by atoms with Crippen LogP contribution < -0.4 is 19.5 Å². The van der Waals surface area contributed by atoms with Gasteiger partial charge in [0.25, 0.3) is 5.91 Å². The molecule has 26 heavy (non-hydrogen) atoms. The third-order valence-corrected chi connectivity index (χ3v) is 3.89. The van der Waals surface area contributed by atoms with Crippen molar-refractivity contribution in [1.82, 2.24) is 0 Å². The van der Waals surface area contributed by atoms with Gasteiger partial charge in [-0.2, -0.15) is 0 Å². The summed E-state index contributed by atoms with van der Waals surface area (Å²) in [5.74, 6) is -0.140. The number of hydrogen-bond donors (Lipinski definition) is 1. The molecule has 0 aliphatic rings. The van der Waals surface area contributed by atoms with Gasteiger partial charge in [0.15, 0.2) is 18.1 Å². The molecule has 0 unspecified atom stereocenters. The lowest BCUT2D eigenvalue weighted by molar-refractivity contribution is -0.119. The van der Waals surface area contributed by atoms with E-state index in [2.05, 4.69) is 21.2 Å². The second-order valence-corrected chi connectivity index (χ2v) is 5.96. The van der Waals surface area contributed by atoms with Gasteiger partial charge in [0.1, 0.15) is 0 Å². The van der Waals surface area contributed by atoms with Crippen LogP contribution in [0.15, 0.2) is 40.9 Å². The summed E-state index contributed by atoms with van der Waals surface area (Å²) in [6.07, 6.45) is 0. The molecule has 138 valence electrons. The largest absolute Gasteiger partial charge is 0.493 e. The maximum Gasteiger partial charge on any atom is 0.338 e. The minimum atomic E-state index is -0.685. The summed E-state index contributed by atoms with van der Waals surface area (Å²) in [4.78, 5) is 24.1. The van der Waals surface area contributed by atoms with Gasteiger partial charge in [0.2, 0.25) is 5.75 Å². The van der Waals surface area contributed by atoms with Crippen LogP contribution in [0.2, 0.25) is 0 Å². The van der Waals surface area contributed by atoms with E-state index < -0.39 is 18.5 Å². The van der Waals surface area contributed by atoms with E-state index in [-0.39, 0.29) is 5.56 Å². The summed E-state index contributed by atoms with van der Waals surface area (Å²) >= 11 is 3.31. The molecule has 0 fully saturated rings. The number of benzene rings is 2. The molecule has 0 bridgehead atoms. The number of rotatable bonds is 7. The Morgan fingerprint density at radius 2 is 1.54 bits per heavy atom. The van der Waals surface area contributed by atoms with Gasteiger partial charge in [-0.25, -0.2) is 4.79 Å². The van der Waals surface area contributed by atoms with Gasteiger partial charge in [-0.15, -0.1) is 0 Å². The number of carbonyl (C=O) groups is 2. The number of nitrogens with one attached hydrogen (secondary N) is 1. The van der Waals surface area contributed by atoms with Crippen molar-refractivity contribution in [2.75, 3.05) is 33.3 Å². The highest BCUT2D eigenvalue weighted by Crippen LogP contribution is 2.38. The molecule has 0 atom stereocenters. The van der Waals surface area contributed by atoms with Crippen molar-refractivity contribution >= 4 is 33.5 Å². The summed E-state index contributed by atoms with van der Waals surface area (Å²) in [5, 5.41) is 2.63. The Morgan fingerprint density at radius 1 is 0.962 bits per heavy atom. The lowest BCUT2D eigenvalue weighted by Gasteiger charge is -2.13. The number of anilines is 1. The van der Waals surface area contributed by atoms with E-state index in [1.165, 1.54) is 33.5 Å². The highest BCUT2D eigenvalue weighted by atomic mass is 79.9. The highest BCUT2D eigenvalue weighted by molar-refractivity contribution is 9.10. The predicted molar refractivity (Wildman–Crippen MR) is 99.2 cm³/mol. The first-order valence-corrected chi connectivity index (χ1v) is 8.30. The fraction of sp³-hybridized carbons (Fsp3) is 0.222. The fourth-order valence-corrected chi connectivity index (χ4v) is 2.41. The smallest absolute Gasteiger partial charge is 0.338 e. The molecule has 0 saturated heterocycles. The lowest BCUT2D eigenvalue weighted by atomic mass is 10.2. The average Bonchev–Trinajstić information content (AvgIpc) is 2.66. The van der Waals surface area contributed by atoms with Gasteiger partial charge in [-0.3, -0.25) is 4.79 Å². The van der Waals surface area contributed by atoms with E-state index in [0.29, 0.717) is 22.9 Å². The van der Waals surface area contributed by atoms with E-state index in [1.807, 2.05) is 0 Å². The molecule has 2 aromatic carbocycles. The quantitative estimate of drug-likeness (QED) is 0.688. The Morgan fingerprint density at radius 3 is 2.04 bits per heavy atom. The standard InChI is InChI=1S/C18H18BrNO6/c1-23-14-8-11(9-15(24-2)17(14)25-3)18(22)26-10-16(21)20-13-6-4-12(19)5-7-13/h4-9H,10H2,1-3H3,(H,20,21). The van der Waals surface area contributed by atoms with Crippen molar-refractivity contribution in [2.24, 2.45) is 0 Å². The zero-order valence-electron chi connectivity index (χ0n) is 14.5. The van der Waals surface area contributed by atoms with Gasteiger partial charge in [-0.1, -0.05) is 15.9 Å². The molecule has 2 rings (SSSR count). The van der Waals surface area contributed by atoms with Crippen molar-refractivity contribution in [3.8, 4) is 17.2 Å². The molecule has 0 heterocycles. The number of methoxy groups -OCH3 is 3. The van der Waals surface area contributed by atoms with Crippen molar-refractivity contribution in [1.29, 1.82) is 0 Å². The first-order valence-electron chi connectivity index (χ1n) is 7.51. The SMILES string of the molecule is COc1cc(C(=O)OCC(=O)Nc2ccc(Br)cc2)cc(OC)c1OC. The van der Waals surface area contributed by atoms with Gasteiger partial charge < -0.3 is 24.3 Å². The molecule has 0 aromatic heterocycles. The number of carbonyl (C=O) groups excluding carboxylic acids is 2. The van der Waals surface area contributed by atoms with Crippen LogP contribution in [0.1, 0.15) is 10.4 Å². The molecule has 0 aliphatic heterocycles. The van der Waals surface area contributed by atoms with Crippen LogP contribution in [0.4, 0.5) is 5.69 Å².